The minimum atomic E-state index is -0.0167. The van der Waals surface area contributed by atoms with Gasteiger partial charge >= 0.3 is 0 Å². The summed E-state index contributed by atoms with van der Waals surface area (Å²) in [6.45, 7) is 13.8. The molecular weight excluding hydrogens is 961 g/mol. The van der Waals surface area contributed by atoms with Crippen LogP contribution in [0.1, 0.15) is 37.9 Å². The molecule has 9 aromatic heterocycles. The standard InChI is InChI=1S/3C16H16N8O/c3*1-3-24-13(25)7-18-15-16(24)22-12(6-17-15)10-4-5-11(21-9(10)2)14-19-8-20-23-14/h3*4-6,8H,3,7H2,1-2H3,(H,17,18)(H,19,20,23). The Labute approximate surface area is 427 Å². The maximum absolute atomic E-state index is 12.0. The van der Waals surface area contributed by atoms with Crippen LogP contribution in [0.5, 0.6) is 0 Å². The molecule has 12 heterocycles. The van der Waals surface area contributed by atoms with Gasteiger partial charge in [-0.05, 0) is 77.9 Å². The highest BCUT2D eigenvalue weighted by Crippen LogP contribution is 2.33. The number of amides is 3. The molecule has 0 fully saturated rings. The molecule has 0 bridgehead atoms. The molecule has 0 unspecified atom stereocenters. The van der Waals surface area contributed by atoms with Gasteiger partial charge in [0.1, 0.15) is 36.1 Å². The Morgan fingerprint density at radius 2 is 0.693 bits per heavy atom. The minimum absolute atomic E-state index is 0.0167. The van der Waals surface area contributed by atoms with Crippen molar-refractivity contribution in [3.63, 3.8) is 0 Å². The van der Waals surface area contributed by atoms with Crippen LogP contribution in [-0.2, 0) is 14.4 Å². The number of pyridine rings is 3. The van der Waals surface area contributed by atoms with E-state index in [1.807, 2.05) is 77.9 Å². The number of aromatic nitrogens is 18. The zero-order valence-electron chi connectivity index (χ0n) is 41.4. The first kappa shape index (κ1) is 48.5. The lowest BCUT2D eigenvalue weighted by Crippen LogP contribution is -2.40. The Bertz CT molecular complexity index is 3180. The van der Waals surface area contributed by atoms with Gasteiger partial charge in [0.05, 0.1) is 55.3 Å². The average Bonchev–Trinajstić information content (AvgIpc) is 4.28. The van der Waals surface area contributed by atoms with E-state index in [1.54, 1.807) is 33.3 Å². The molecule has 0 aromatic carbocycles. The summed E-state index contributed by atoms with van der Waals surface area (Å²) < 4.78 is 0. The summed E-state index contributed by atoms with van der Waals surface area (Å²) in [5.41, 5.74) is 9.07. The van der Waals surface area contributed by atoms with Crippen molar-refractivity contribution in [1.29, 1.82) is 0 Å². The summed E-state index contributed by atoms with van der Waals surface area (Å²) in [6, 6.07) is 11.3. The number of H-pyrrole nitrogens is 3. The molecule has 12 rings (SSSR count). The van der Waals surface area contributed by atoms with Crippen molar-refractivity contribution in [2.24, 2.45) is 0 Å². The number of rotatable bonds is 9. The summed E-state index contributed by atoms with van der Waals surface area (Å²) in [7, 11) is 0. The molecule has 6 N–H and O–H groups in total. The smallest absolute Gasteiger partial charge is 0.247 e. The second kappa shape index (κ2) is 20.9. The third kappa shape index (κ3) is 9.83. The monoisotopic (exact) mass is 1010 g/mol. The minimum Gasteiger partial charge on any atom is -0.358 e. The van der Waals surface area contributed by atoms with E-state index in [-0.39, 0.29) is 37.4 Å². The highest BCUT2D eigenvalue weighted by Gasteiger charge is 2.29. The molecule has 9 aromatic rings. The van der Waals surface area contributed by atoms with Crippen LogP contribution in [0.4, 0.5) is 34.9 Å². The molecular formula is C48H48N24O3. The van der Waals surface area contributed by atoms with Crippen LogP contribution in [-0.4, -0.2) is 147 Å². The van der Waals surface area contributed by atoms with Crippen molar-refractivity contribution in [2.75, 3.05) is 69.9 Å². The number of anilines is 6. The average molecular weight is 1010 g/mol. The second-order valence-corrected chi connectivity index (χ2v) is 16.7. The van der Waals surface area contributed by atoms with Crippen LogP contribution in [0.2, 0.25) is 0 Å². The summed E-state index contributed by atoms with van der Waals surface area (Å²) in [6.07, 6.45) is 9.39. The maximum Gasteiger partial charge on any atom is 0.247 e. The number of carbonyl (C=O) groups excluding carboxylic acids is 3. The van der Waals surface area contributed by atoms with Gasteiger partial charge in [-0.1, -0.05) is 0 Å². The normalized spacial score (nSPS) is 13.5. The van der Waals surface area contributed by atoms with Gasteiger partial charge in [0.2, 0.25) is 17.7 Å². The largest absolute Gasteiger partial charge is 0.358 e. The summed E-state index contributed by atoms with van der Waals surface area (Å²) in [5.74, 6) is 5.29. The first-order valence-corrected chi connectivity index (χ1v) is 23.8. The zero-order chi connectivity index (χ0) is 52.2. The van der Waals surface area contributed by atoms with E-state index in [1.165, 1.54) is 19.0 Å². The highest BCUT2D eigenvalue weighted by atomic mass is 16.2. The van der Waals surface area contributed by atoms with Crippen LogP contribution in [0, 0.1) is 20.8 Å². The van der Waals surface area contributed by atoms with Crippen molar-refractivity contribution in [1.82, 2.24) is 90.4 Å². The van der Waals surface area contributed by atoms with E-state index in [0.29, 0.717) is 106 Å². The number of hydrogen-bond acceptors (Lipinski definition) is 21. The number of aryl methyl sites for hydroxylation is 3. The van der Waals surface area contributed by atoms with Crippen LogP contribution < -0.4 is 30.7 Å². The number of carbonyl (C=O) groups is 3. The van der Waals surface area contributed by atoms with E-state index in [0.717, 1.165) is 33.8 Å². The lowest BCUT2D eigenvalue weighted by molar-refractivity contribution is -0.118. The number of aromatic amines is 3. The van der Waals surface area contributed by atoms with E-state index in [2.05, 4.69) is 106 Å². The summed E-state index contributed by atoms with van der Waals surface area (Å²) >= 11 is 0. The number of nitrogens with zero attached hydrogens (tertiary/aromatic N) is 18. The number of nitrogens with one attached hydrogen (secondary N) is 6. The van der Waals surface area contributed by atoms with Gasteiger partial charge in [-0.15, -0.1) is 0 Å². The first-order valence-electron chi connectivity index (χ1n) is 23.8. The molecule has 0 aliphatic carbocycles. The van der Waals surface area contributed by atoms with Crippen molar-refractivity contribution < 1.29 is 14.4 Å². The lowest BCUT2D eigenvalue weighted by Gasteiger charge is -2.27. The first-order chi connectivity index (χ1) is 36.5. The highest BCUT2D eigenvalue weighted by molar-refractivity contribution is 6.02. The Hall–Kier alpha value is -10.1. The van der Waals surface area contributed by atoms with Gasteiger partial charge in [-0.2, -0.15) is 15.3 Å². The van der Waals surface area contributed by atoms with Crippen LogP contribution >= 0.6 is 0 Å². The SMILES string of the molecule is CCN1C(=O)CNc2ncc(-c3ccc(-c4ncn[nH]4)nc3C)nc21.CCN1C(=O)CNc2ncc(-c3ccc(-c4ncn[nH]4)nc3C)nc21.CCN1C(=O)CNc2ncc(-c3ccc(-c4ncn[nH]4)nc3C)nc21. The van der Waals surface area contributed by atoms with Crippen molar-refractivity contribution in [3.8, 4) is 68.3 Å². The fourth-order valence-electron chi connectivity index (χ4n) is 8.44. The van der Waals surface area contributed by atoms with Gasteiger partial charge in [0, 0.05) is 53.4 Å². The molecule has 0 radical (unpaired) electrons. The van der Waals surface area contributed by atoms with Gasteiger partial charge in [0.15, 0.2) is 52.4 Å². The van der Waals surface area contributed by atoms with Crippen molar-refractivity contribution in [3.05, 3.63) is 91.1 Å². The molecule has 3 aliphatic heterocycles. The van der Waals surface area contributed by atoms with E-state index < -0.39 is 0 Å². The maximum atomic E-state index is 12.0. The van der Waals surface area contributed by atoms with E-state index in [9.17, 15) is 14.4 Å². The molecule has 0 saturated heterocycles. The van der Waals surface area contributed by atoms with Crippen LogP contribution in [0.15, 0.2) is 74.0 Å². The van der Waals surface area contributed by atoms with Crippen molar-refractivity contribution >= 4 is 52.6 Å². The predicted octanol–water partition coefficient (Wildman–Crippen LogP) is 4.23. The van der Waals surface area contributed by atoms with E-state index in [4.69, 9.17) is 0 Å². The number of fused-ring (bicyclic) bond motifs is 3. The molecule has 378 valence electrons. The van der Waals surface area contributed by atoms with Gasteiger partial charge < -0.3 is 16.0 Å². The fourth-order valence-corrected chi connectivity index (χ4v) is 8.44. The van der Waals surface area contributed by atoms with Crippen LogP contribution in [0.25, 0.3) is 68.3 Å². The molecule has 0 spiro atoms. The number of likely N-dealkylation sites (N-methyl/N-ethyl adjacent to an activating group) is 3. The molecule has 0 atom stereocenters. The van der Waals surface area contributed by atoms with Crippen LogP contribution in [0.3, 0.4) is 0 Å². The number of hydrogen-bond donors (Lipinski definition) is 6. The molecule has 75 heavy (non-hydrogen) atoms. The quantitative estimate of drug-likeness (QED) is 0.118. The zero-order valence-corrected chi connectivity index (χ0v) is 41.4. The Balaban J connectivity index is 0.000000128. The molecule has 0 saturated carbocycles. The summed E-state index contributed by atoms with van der Waals surface area (Å²) in [4.78, 5) is 94.2. The lowest BCUT2D eigenvalue weighted by atomic mass is 10.1. The topological polar surface area (TPSA) is 338 Å². The fraction of sp³-hybridized carbons (Fsp3) is 0.250. The Morgan fingerprint density at radius 1 is 0.400 bits per heavy atom. The van der Waals surface area contributed by atoms with Crippen molar-refractivity contribution in [2.45, 2.75) is 41.5 Å². The van der Waals surface area contributed by atoms with E-state index >= 15 is 0 Å². The Kier molecular flexibility index (Phi) is 13.6. The molecule has 3 amide bonds. The van der Waals surface area contributed by atoms with Gasteiger partial charge in [-0.25, -0.2) is 59.8 Å². The molecule has 27 heteroatoms. The third-order valence-electron chi connectivity index (χ3n) is 12.2. The molecule has 3 aliphatic rings. The summed E-state index contributed by atoms with van der Waals surface area (Å²) in [5, 5.41) is 28.9. The second-order valence-electron chi connectivity index (χ2n) is 16.7. The molecule has 27 nitrogen and oxygen atoms in total. The van der Waals surface area contributed by atoms with Gasteiger partial charge in [0.25, 0.3) is 0 Å². The predicted molar refractivity (Wildman–Crippen MR) is 276 cm³/mol. The van der Waals surface area contributed by atoms with Gasteiger partial charge in [-0.3, -0.25) is 44.4 Å². The Morgan fingerprint density at radius 3 is 0.933 bits per heavy atom. The third-order valence-corrected chi connectivity index (χ3v) is 12.2.